The second-order valence-electron chi connectivity index (χ2n) is 7.04. The molecule has 0 aliphatic carbocycles. The molecule has 0 saturated carbocycles. The molecular formula is C18H26N2O3. The van der Waals surface area contributed by atoms with Gasteiger partial charge in [0, 0.05) is 52.3 Å². The summed E-state index contributed by atoms with van der Waals surface area (Å²) < 4.78 is 5.13. The van der Waals surface area contributed by atoms with E-state index in [1.807, 2.05) is 0 Å². The fourth-order valence-corrected chi connectivity index (χ4v) is 4.04. The number of ether oxygens (including phenoxy) is 1. The van der Waals surface area contributed by atoms with Gasteiger partial charge >= 0.3 is 5.97 Å². The third-order valence-electron chi connectivity index (χ3n) is 5.31. The van der Waals surface area contributed by atoms with Gasteiger partial charge in [-0.1, -0.05) is 29.8 Å². The number of carboxylic acid groups (broad SMARTS) is 1. The number of hydrogen-bond acceptors (Lipinski definition) is 4. The van der Waals surface area contributed by atoms with Crippen LogP contribution >= 0.6 is 0 Å². The van der Waals surface area contributed by atoms with Crippen LogP contribution < -0.4 is 0 Å². The maximum Gasteiger partial charge on any atom is 0.312 e. The summed E-state index contributed by atoms with van der Waals surface area (Å²) >= 11 is 0. The Labute approximate surface area is 137 Å². The lowest BCUT2D eigenvalue weighted by atomic mass is 9.81. The Morgan fingerprint density at radius 3 is 2.52 bits per heavy atom. The van der Waals surface area contributed by atoms with Crippen molar-refractivity contribution in [3.8, 4) is 0 Å². The molecule has 0 bridgehead atoms. The zero-order chi connectivity index (χ0) is 16.4. The molecule has 3 rings (SSSR count). The average molecular weight is 318 g/mol. The van der Waals surface area contributed by atoms with E-state index in [4.69, 9.17) is 4.74 Å². The van der Waals surface area contributed by atoms with Gasteiger partial charge in [-0.2, -0.15) is 0 Å². The topological polar surface area (TPSA) is 53.0 Å². The number of rotatable bonds is 6. The van der Waals surface area contributed by atoms with Crippen LogP contribution in [0.25, 0.3) is 0 Å². The van der Waals surface area contributed by atoms with Crippen molar-refractivity contribution in [2.75, 3.05) is 46.4 Å². The first-order chi connectivity index (χ1) is 11.0. The number of carbonyl (C=O) groups is 1. The summed E-state index contributed by atoms with van der Waals surface area (Å²) in [5, 5.41) is 9.85. The van der Waals surface area contributed by atoms with Gasteiger partial charge in [0.15, 0.2) is 0 Å². The van der Waals surface area contributed by atoms with Gasteiger partial charge in [0.1, 0.15) is 0 Å². The summed E-state index contributed by atoms with van der Waals surface area (Å²) in [6.45, 7) is 7.41. The standard InChI is InChI=1S/C18H26N2O3/c1-14-3-5-15(6-4-14)9-20-11-16-10-19(7-8-23-2)12-18(16,13-20)17(21)22/h3-6,16H,7-13H2,1-2H3,(H,21,22)/t16-,18-/m1/s1. The van der Waals surface area contributed by atoms with Gasteiger partial charge in [-0.3, -0.25) is 14.6 Å². The molecule has 5 nitrogen and oxygen atoms in total. The number of nitrogens with zero attached hydrogens (tertiary/aromatic N) is 2. The molecule has 2 fully saturated rings. The maximum absolute atomic E-state index is 12.0. The predicted octanol–water partition coefficient (Wildman–Crippen LogP) is 1.46. The minimum absolute atomic E-state index is 0.210. The number of likely N-dealkylation sites (tertiary alicyclic amines) is 2. The van der Waals surface area contributed by atoms with Gasteiger partial charge in [0.05, 0.1) is 12.0 Å². The van der Waals surface area contributed by atoms with E-state index in [1.165, 1.54) is 11.1 Å². The van der Waals surface area contributed by atoms with Gasteiger partial charge in [-0.25, -0.2) is 0 Å². The highest BCUT2D eigenvalue weighted by atomic mass is 16.5. The number of methoxy groups -OCH3 is 1. The largest absolute Gasteiger partial charge is 0.481 e. The minimum atomic E-state index is -0.645. The molecule has 0 aromatic heterocycles. The summed E-state index contributed by atoms with van der Waals surface area (Å²) in [6.07, 6.45) is 0. The molecule has 2 atom stereocenters. The van der Waals surface area contributed by atoms with Gasteiger partial charge in [-0.15, -0.1) is 0 Å². The molecule has 1 aromatic rings. The Kier molecular flexibility index (Phi) is 4.71. The number of aliphatic carboxylic acids is 1. The van der Waals surface area contributed by atoms with Crippen LogP contribution in [0.4, 0.5) is 0 Å². The van der Waals surface area contributed by atoms with Gasteiger partial charge < -0.3 is 9.84 Å². The van der Waals surface area contributed by atoms with Crippen LogP contribution in [0.1, 0.15) is 11.1 Å². The Bertz CT molecular complexity index is 560. The van der Waals surface area contributed by atoms with Crippen LogP contribution in [0.2, 0.25) is 0 Å². The van der Waals surface area contributed by atoms with E-state index in [2.05, 4.69) is 41.0 Å². The molecule has 2 saturated heterocycles. The van der Waals surface area contributed by atoms with Crippen molar-refractivity contribution in [1.82, 2.24) is 9.80 Å². The van der Waals surface area contributed by atoms with E-state index in [0.717, 1.165) is 26.2 Å². The summed E-state index contributed by atoms with van der Waals surface area (Å²) in [5.74, 6) is -0.434. The van der Waals surface area contributed by atoms with E-state index in [9.17, 15) is 9.90 Å². The highest BCUT2D eigenvalue weighted by Crippen LogP contribution is 2.43. The molecule has 1 N–H and O–H groups in total. The van der Waals surface area contributed by atoms with E-state index in [1.54, 1.807) is 7.11 Å². The number of carboxylic acids is 1. The Hall–Kier alpha value is -1.43. The molecular weight excluding hydrogens is 292 g/mol. The van der Waals surface area contributed by atoms with Crippen molar-refractivity contribution >= 4 is 5.97 Å². The SMILES string of the molecule is COCCN1C[C@@H]2CN(Cc3ccc(C)cc3)C[C@]2(C(=O)O)C1. The highest BCUT2D eigenvalue weighted by molar-refractivity contribution is 5.77. The lowest BCUT2D eigenvalue weighted by molar-refractivity contribution is -0.149. The summed E-state index contributed by atoms with van der Waals surface area (Å²) in [7, 11) is 1.69. The molecule has 2 aliphatic heterocycles. The van der Waals surface area contributed by atoms with Crippen LogP contribution in [-0.2, 0) is 16.1 Å². The Morgan fingerprint density at radius 2 is 1.91 bits per heavy atom. The van der Waals surface area contributed by atoms with Gasteiger partial charge in [0.25, 0.3) is 0 Å². The lowest BCUT2D eigenvalue weighted by Gasteiger charge is -2.25. The molecule has 23 heavy (non-hydrogen) atoms. The van der Waals surface area contributed by atoms with Crippen molar-refractivity contribution < 1.29 is 14.6 Å². The smallest absolute Gasteiger partial charge is 0.312 e. The fourth-order valence-electron chi connectivity index (χ4n) is 4.04. The lowest BCUT2D eigenvalue weighted by Crippen LogP contribution is -2.41. The normalized spacial score (nSPS) is 28.2. The van der Waals surface area contributed by atoms with Crippen molar-refractivity contribution in [3.63, 3.8) is 0 Å². The van der Waals surface area contributed by atoms with E-state index < -0.39 is 11.4 Å². The third kappa shape index (κ3) is 3.27. The van der Waals surface area contributed by atoms with Crippen molar-refractivity contribution in [1.29, 1.82) is 0 Å². The molecule has 2 heterocycles. The predicted molar refractivity (Wildman–Crippen MR) is 88.3 cm³/mol. The van der Waals surface area contributed by atoms with Crippen molar-refractivity contribution in [2.45, 2.75) is 13.5 Å². The first-order valence-electron chi connectivity index (χ1n) is 8.26. The van der Waals surface area contributed by atoms with Crippen LogP contribution in [0.3, 0.4) is 0 Å². The summed E-state index contributed by atoms with van der Waals surface area (Å²) in [5.41, 5.74) is 1.90. The first-order valence-corrected chi connectivity index (χ1v) is 8.26. The molecule has 0 unspecified atom stereocenters. The molecule has 0 spiro atoms. The molecule has 0 radical (unpaired) electrons. The zero-order valence-corrected chi connectivity index (χ0v) is 14.0. The second-order valence-corrected chi connectivity index (χ2v) is 7.04. The molecule has 0 amide bonds. The summed E-state index contributed by atoms with van der Waals surface area (Å²) in [6, 6.07) is 8.51. The number of aryl methyl sites for hydroxylation is 1. The molecule has 126 valence electrons. The highest BCUT2D eigenvalue weighted by Gasteiger charge is 2.57. The molecule has 2 aliphatic rings. The van der Waals surface area contributed by atoms with Gasteiger partial charge in [0.2, 0.25) is 0 Å². The van der Waals surface area contributed by atoms with E-state index in [-0.39, 0.29) is 5.92 Å². The third-order valence-corrected chi connectivity index (χ3v) is 5.31. The Balaban J connectivity index is 1.66. The van der Waals surface area contributed by atoms with Gasteiger partial charge in [-0.05, 0) is 12.5 Å². The number of benzene rings is 1. The minimum Gasteiger partial charge on any atom is -0.481 e. The van der Waals surface area contributed by atoms with Crippen molar-refractivity contribution in [2.24, 2.45) is 11.3 Å². The fraction of sp³-hybridized carbons (Fsp3) is 0.611. The maximum atomic E-state index is 12.0. The van der Waals surface area contributed by atoms with Crippen molar-refractivity contribution in [3.05, 3.63) is 35.4 Å². The summed E-state index contributed by atoms with van der Waals surface area (Å²) in [4.78, 5) is 16.5. The second kappa shape index (κ2) is 6.59. The number of fused-ring (bicyclic) bond motifs is 1. The van der Waals surface area contributed by atoms with Crippen LogP contribution in [0.5, 0.6) is 0 Å². The number of hydrogen-bond donors (Lipinski definition) is 1. The van der Waals surface area contributed by atoms with E-state index in [0.29, 0.717) is 19.7 Å². The monoisotopic (exact) mass is 318 g/mol. The Morgan fingerprint density at radius 1 is 1.26 bits per heavy atom. The van der Waals surface area contributed by atoms with E-state index >= 15 is 0 Å². The molecule has 1 aromatic carbocycles. The first kappa shape index (κ1) is 16.4. The zero-order valence-electron chi connectivity index (χ0n) is 14.0. The van der Waals surface area contributed by atoms with Crippen LogP contribution in [0, 0.1) is 18.3 Å². The van der Waals surface area contributed by atoms with Crippen LogP contribution in [-0.4, -0.2) is 67.3 Å². The average Bonchev–Trinajstić information content (AvgIpc) is 3.02. The van der Waals surface area contributed by atoms with Crippen LogP contribution in [0.15, 0.2) is 24.3 Å². The molecule has 5 heteroatoms. The quantitative estimate of drug-likeness (QED) is 0.860.